The molecule has 0 bridgehead atoms. The average molecular weight is 176 g/mol. The topological polar surface area (TPSA) is 68.2 Å². The highest BCUT2D eigenvalue weighted by molar-refractivity contribution is 5.66. The summed E-state index contributed by atoms with van der Waals surface area (Å²) in [5.74, 6) is 0. The molecular formula is C6H12N2O4. The van der Waals surface area contributed by atoms with E-state index in [4.69, 9.17) is 0 Å². The van der Waals surface area contributed by atoms with E-state index in [1.54, 1.807) is 6.92 Å². The van der Waals surface area contributed by atoms with Gasteiger partial charge < -0.3 is 9.47 Å². The minimum atomic E-state index is -0.746. The van der Waals surface area contributed by atoms with Gasteiger partial charge in [-0.2, -0.15) is 5.01 Å². The molecular weight excluding hydrogens is 164 g/mol. The van der Waals surface area contributed by atoms with Crippen LogP contribution in [0.25, 0.3) is 0 Å². The molecule has 6 nitrogen and oxygen atoms in total. The van der Waals surface area contributed by atoms with Crippen LogP contribution in [-0.2, 0) is 9.47 Å². The Kier molecular flexibility index (Phi) is 5.90. The molecule has 6 heteroatoms. The number of amides is 1. The van der Waals surface area contributed by atoms with Crippen molar-refractivity contribution < 1.29 is 14.3 Å². The second-order valence-corrected chi connectivity index (χ2v) is 1.90. The van der Waals surface area contributed by atoms with Crippen LogP contribution in [0.3, 0.4) is 0 Å². The fraction of sp³-hybridized carbons (Fsp3) is 0.833. The first-order valence-electron chi connectivity index (χ1n) is 3.52. The first kappa shape index (κ1) is 10.8. The molecule has 12 heavy (non-hydrogen) atoms. The summed E-state index contributed by atoms with van der Waals surface area (Å²) in [7, 11) is 1.47. The number of ether oxygens (including phenoxy) is 2. The molecule has 0 N–H and O–H groups in total. The van der Waals surface area contributed by atoms with Crippen LogP contribution in [0.5, 0.6) is 0 Å². The monoisotopic (exact) mass is 176 g/mol. The molecule has 0 radical (unpaired) electrons. The number of nitrogens with zero attached hydrogens (tertiary/aromatic N) is 2. The molecule has 0 heterocycles. The predicted octanol–water partition coefficient (Wildman–Crippen LogP) is 0.773. The van der Waals surface area contributed by atoms with Crippen molar-refractivity contribution in [3.8, 4) is 0 Å². The summed E-state index contributed by atoms with van der Waals surface area (Å²) in [6.45, 7) is 2.23. The van der Waals surface area contributed by atoms with Gasteiger partial charge in [0.25, 0.3) is 0 Å². The molecule has 0 saturated heterocycles. The Balaban J connectivity index is 3.79. The van der Waals surface area contributed by atoms with Gasteiger partial charge in [-0.15, -0.1) is 4.91 Å². The summed E-state index contributed by atoms with van der Waals surface area (Å²) in [4.78, 5) is 20.9. The maximum atomic E-state index is 10.8. The predicted molar refractivity (Wildman–Crippen MR) is 41.4 cm³/mol. The third-order valence-corrected chi connectivity index (χ3v) is 1.08. The Hall–Kier alpha value is -1.17. The van der Waals surface area contributed by atoms with Crippen molar-refractivity contribution >= 4 is 6.09 Å². The van der Waals surface area contributed by atoms with E-state index >= 15 is 0 Å². The zero-order valence-electron chi connectivity index (χ0n) is 7.15. The third kappa shape index (κ3) is 3.87. The highest BCUT2D eigenvalue weighted by Gasteiger charge is 2.13. The van der Waals surface area contributed by atoms with Gasteiger partial charge in [-0.1, -0.05) is 0 Å². The van der Waals surface area contributed by atoms with Crippen LogP contribution in [0.1, 0.15) is 6.92 Å². The van der Waals surface area contributed by atoms with E-state index in [9.17, 15) is 9.70 Å². The molecule has 0 saturated carbocycles. The normalized spacial score (nSPS) is 9.17. The van der Waals surface area contributed by atoms with Crippen LogP contribution in [0.15, 0.2) is 5.29 Å². The molecule has 0 aromatic heterocycles. The first-order chi connectivity index (χ1) is 5.76. The molecule has 0 spiro atoms. The molecule has 70 valence electrons. The van der Waals surface area contributed by atoms with E-state index in [0.29, 0.717) is 5.01 Å². The SMILES string of the molecule is CCOC(=O)N(CCOC)N=O. The van der Waals surface area contributed by atoms with E-state index in [0.717, 1.165) is 0 Å². The van der Waals surface area contributed by atoms with E-state index in [1.165, 1.54) is 7.11 Å². The Bertz CT molecular complexity index is 150. The number of hydrogen-bond donors (Lipinski definition) is 0. The lowest BCUT2D eigenvalue weighted by atomic mass is 10.7. The second kappa shape index (κ2) is 6.53. The number of hydrogen-bond acceptors (Lipinski definition) is 5. The molecule has 0 rings (SSSR count). The fourth-order valence-corrected chi connectivity index (χ4v) is 0.541. The van der Waals surface area contributed by atoms with Crippen molar-refractivity contribution in [3.63, 3.8) is 0 Å². The fourth-order valence-electron chi connectivity index (χ4n) is 0.541. The second-order valence-electron chi connectivity index (χ2n) is 1.90. The average Bonchev–Trinajstić information content (AvgIpc) is 2.06. The third-order valence-electron chi connectivity index (χ3n) is 1.08. The zero-order chi connectivity index (χ0) is 9.40. The van der Waals surface area contributed by atoms with Gasteiger partial charge in [0.1, 0.15) is 0 Å². The molecule has 0 atom stereocenters. The Labute approximate surface area is 70.4 Å². The molecule has 0 aliphatic heterocycles. The smallest absolute Gasteiger partial charge is 0.433 e. The van der Waals surface area contributed by atoms with E-state index in [-0.39, 0.29) is 19.8 Å². The van der Waals surface area contributed by atoms with E-state index < -0.39 is 6.09 Å². The summed E-state index contributed by atoms with van der Waals surface area (Å²) in [5.41, 5.74) is 0. The minimum Gasteiger partial charge on any atom is -0.448 e. The van der Waals surface area contributed by atoms with Gasteiger partial charge in [-0.3, -0.25) is 0 Å². The quantitative estimate of drug-likeness (QED) is 0.458. The van der Waals surface area contributed by atoms with E-state index in [1.807, 2.05) is 0 Å². The number of nitroso groups, excluding NO2 is 1. The van der Waals surface area contributed by atoms with Crippen LogP contribution in [0.2, 0.25) is 0 Å². The lowest BCUT2D eigenvalue weighted by Gasteiger charge is -2.11. The maximum Gasteiger partial charge on any atom is 0.433 e. The van der Waals surface area contributed by atoms with Crippen LogP contribution in [-0.4, -0.2) is 38.0 Å². The number of methoxy groups -OCH3 is 1. The molecule has 0 aliphatic carbocycles. The lowest BCUT2D eigenvalue weighted by Crippen LogP contribution is -2.29. The van der Waals surface area contributed by atoms with Crippen molar-refractivity contribution in [1.82, 2.24) is 5.01 Å². The van der Waals surface area contributed by atoms with Gasteiger partial charge in [0.15, 0.2) is 0 Å². The molecule has 0 fully saturated rings. The Morgan fingerprint density at radius 1 is 1.58 bits per heavy atom. The lowest BCUT2D eigenvalue weighted by molar-refractivity contribution is 0.0917. The van der Waals surface area contributed by atoms with Crippen molar-refractivity contribution in [2.75, 3.05) is 26.9 Å². The van der Waals surface area contributed by atoms with Gasteiger partial charge >= 0.3 is 6.09 Å². The first-order valence-corrected chi connectivity index (χ1v) is 3.52. The highest BCUT2D eigenvalue weighted by Crippen LogP contribution is 1.94. The maximum absolute atomic E-state index is 10.8. The summed E-state index contributed by atoms with van der Waals surface area (Å²) in [6, 6.07) is 0. The number of carbonyl (C=O) groups excluding carboxylic acids is 1. The van der Waals surface area contributed by atoms with Crippen molar-refractivity contribution in [2.45, 2.75) is 6.92 Å². The molecule has 0 aliphatic rings. The summed E-state index contributed by atoms with van der Waals surface area (Å²) in [6.07, 6.45) is -0.746. The van der Waals surface area contributed by atoms with Gasteiger partial charge in [-0.25, -0.2) is 4.79 Å². The van der Waals surface area contributed by atoms with Crippen molar-refractivity contribution in [1.29, 1.82) is 0 Å². The highest BCUT2D eigenvalue weighted by atomic mass is 16.6. The van der Waals surface area contributed by atoms with Crippen molar-refractivity contribution in [2.24, 2.45) is 5.29 Å². The molecule has 0 unspecified atom stereocenters. The number of rotatable bonds is 5. The van der Waals surface area contributed by atoms with Crippen LogP contribution >= 0.6 is 0 Å². The largest absolute Gasteiger partial charge is 0.448 e. The van der Waals surface area contributed by atoms with Crippen molar-refractivity contribution in [3.05, 3.63) is 4.91 Å². The van der Waals surface area contributed by atoms with Gasteiger partial charge in [0, 0.05) is 7.11 Å². The van der Waals surface area contributed by atoms with Gasteiger partial charge in [0.05, 0.1) is 25.0 Å². The van der Waals surface area contributed by atoms with Gasteiger partial charge in [-0.05, 0) is 6.92 Å². The minimum absolute atomic E-state index is 0.110. The molecule has 0 aromatic rings. The zero-order valence-corrected chi connectivity index (χ0v) is 7.15. The summed E-state index contributed by atoms with van der Waals surface area (Å²) < 4.78 is 9.18. The van der Waals surface area contributed by atoms with Crippen LogP contribution in [0.4, 0.5) is 4.79 Å². The van der Waals surface area contributed by atoms with Crippen LogP contribution < -0.4 is 0 Å². The van der Waals surface area contributed by atoms with Gasteiger partial charge in [0.2, 0.25) is 0 Å². The number of carbonyl (C=O) groups is 1. The Morgan fingerprint density at radius 2 is 2.25 bits per heavy atom. The summed E-state index contributed by atoms with van der Waals surface area (Å²) >= 11 is 0. The van der Waals surface area contributed by atoms with E-state index in [2.05, 4.69) is 14.8 Å². The molecule has 1 amide bonds. The molecule has 0 aromatic carbocycles. The summed E-state index contributed by atoms with van der Waals surface area (Å²) in [5, 5.41) is 3.15. The van der Waals surface area contributed by atoms with Crippen LogP contribution in [0, 0.1) is 4.91 Å². The Morgan fingerprint density at radius 3 is 2.67 bits per heavy atom. The standard InChI is InChI=1S/C6H12N2O4/c1-3-12-6(9)8(7-10)4-5-11-2/h3-5H2,1-2H3.